The lowest BCUT2D eigenvalue weighted by Gasteiger charge is -2.07. The molecule has 4 rings (SSSR count). The standard InChI is InChI=1S/C20H16N4O2/c1-2-18-23-24-20(26-18)15-5-3-7-16(12-15)22-19(25)14-8-9-17-13(11-14)6-4-10-21-17/h3-12H,2H2,1H3,(H,22,25). The molecule has 26 heavy (non-hydrogen) atoms. The van der Waals surface area contributed by atoms with E-state index < -0.39 is 0 Å². The second kappa shape index (κ2) is 6.76. The van der Waals surface area contributed by atoms with Crippen LogP contribution in [0.3, 0.4) is 0 Å². The van der Waals surface area contributed by atoms with E-state index in [-0.39, 0.29) is 5.91 Å². The van der Waals surface area contributed by atoms with Crippen molar-refractivity contribution in [3.63, 3.8) is 0 Å². The van der Waals surface area contributed by atoms with Crippen molar-refractivity contribution in [3.05, 3.63) is 72.2 Å². The number of amides is 1. The van der Waals surface area contributed by atoms with E-state index in [0.717, 1.165) is 16.5 Å². The van der Waals surface area contributed by atoms with Gasteiger partial charge in [-0.3, -0.25) is 9.78 Å². The molecule has 0 atom stereocenters. The van der Waals surface area contributed by atoms with E-state index in [1.807, 2.05) is 55.5 Å². The SMILES string of the molecule is CCc1nnc(-c2cccc(NC(=O)c3ccc4ncccc4c3)c2)o1. The number of rotatable bonds is 4. The third-order valence-corrected chi connectivity index (χ3v) is 4.00. The van der Waals surface area contributed by atoms with Crippen LogP contribution in [-0.4, -0.2) is 21.1 Å². The van der Waals surface area contributed by atoms with Gasteiger partial charge in [0.1, 0.15) is 0 Å². The molecule has 4 aromatic rings. The van der Waals surface area contributed by atoms with Crippen molar-refractivity contribution >= 4 is 22.5 Å². The number of hydrogen-bond acceptors (Lipinski definition) is 5. The number of nitrogens with one attached hydrogen (secondary N) is 1. The van der Waals surface area contributed by atoms with E-state index in [1.54, 1.807) is 12.3 Å². The fourth-order valence-corrected chi connectivity index (χ4v) is 2.66. The van der Waals surface area contributed by atoms with Crippen molar-refractivity contribution in [1.82, 2.24) is 15.2 Å². The lowest BCUT2D eigenvalue weighted by atomic mass is 10.1. The maximum Gasteiger partial charge on any atom is 0.255 e. The zero-order valence-electron chi connectivity index (χ0n) is 14.1. The van der Waals surface area contributed by atoms with E-state index >= 15 is 0 Å². The maximum absolute atomic E-state index is 12.6. The van der Waals surface area contributed by atoms with Gasteiger partial charge in [-0.15, -0.1) is 10.2 Å². The van der Waals surface area contributed by atoms with Crippen LogP contribution in [0.1, 0.15) is 23.2 Å². The molecule has 0 saturated heterocycles. The van der Waals surface area contributed by atoms with Crippen molar-refractivity contribution in [2.24, 2.45) is 0 Å². The van der Waals surface area contributed by atoms with Crippen molar-refractivity contribution < 1.29 is 9.21 Å². The fourth-order valence-electron chi connectivity index (χ4n) is 2.66. The third-order valence-electron chi connectivity index (χ3n) is 4.00. The molecule has 6 nitrogen and oxygen atoms in total. The minimum atomic E-state index is -0.187. The number of fused-ring (bicyclic) bond motifs is 1. The van der Waals surface area contributed by atoms with Crippen LogP contribution < -0.4 is 5.32 Å². The summed E-state index contributed by atoms with van der Waals surface area (Å²) in [6, 6.07) is 16.5. The van der Waals surface area contributed by atoms with Crippen LogP contribution in [0, 0.1) is 0 Å². The van der Waals surface area contributed by atoms with E-state index in [9.17, 15) is 4.79 Å². The molecule has 0 bridgehead atoms. The fraction of sp³-hybridized carbons (Fsp3) is 0.100. The summed E-state index contributed by atoms with van der Waals surface area (Å²) in [6.07, 6.45) is 2.41. The van der Waals surface area contributed by atoms with Crippen LogP contribution in [0.2, 0.25) is 0 Å². The first-order valence-corrected chi connectivity index (χ1v) is 8.32. The molecule has 2 aromatic heterocycles. The molecule has 2 aromatic carbocycles. The lowest BCUT2D eigenvalue weighted by Crippen LogP contribution is -2.11. The normalized spacial score (nSPS) is 10.8. The predicted octanol–water partition coefficient (Wildman–Crippen LogP) is 4.10. The van der Waals surface area contributed by atoms with Gasteiger partial charge in [0.15, 0.2) is 0 Å². The van der Waals surface area contributed by atoms with Gasteiger partial charge < -0.3 is 9.73 Å². The zero-order valence-corrected chi connectivity index (χ0v) is 14.1. The Morgan fingerprint density at radius 1 is 1.08 bits per heavy atom. The van der Waals surface area contributed by atoms with Crippen LogP contribution in [0.4, 0.5) is 5.69 Å². The monoisotopic (exact) mass is 344 g/mol. The number of benzene rings is 2. The van der Waals surface area contributed by atoms with E-state index in [1.165, 1.54) is 0 Å². The quantitative estimate of drug-likeness (QED) is 0.603. The van der Waals surface area contributed by atoms with Gasteiger partial charge in [-0.25, -0.2) is 0 Å². The summed E-state index contributed by atoms with van der Waals surface area (Å²) in [5, 5.41) is 11.8. The highest BCUT2D eigenvalue weighted by molar-refractivity contribution is 6.06. The Hall–Kier alpha value is -3.54. The van der Waals surface area contributed by atoms with Gasteiger partial charge in [-0.2, -0.15) is 0 Å². The molecule has 6 heteroatoms. The van der Waals surface area contributed by atoms with Gasteiger partial charge >= 0.3 is 0 Å². The average Bonchev–Trinajstić information content (AvgIpc) is 3.17. The van der Waals surface area contributed by atoms with Crippen molar-refractivity contribution in [2.75, 3.05) is 5.32 Å². The molecule has 0 aliphatic carbocycles. The molecule has 1 N–H and O–H groups in total. The first kappa shape index (κ1) is 16.0. The minimum Gasteiger partial charge on any atom is -0.421 e. The Labute approximate surface area is 149 Å². The third kappa shape index (κ3) is 3.17. The van der Waals surface area contributed by atoms with Crippen molar-refractivity contribution in [3.8, 4) is 11.5 Å². The number of carbonyl (C=O) groups excluding carboxylic acids is 1. The van der Waals surface area contributed by atoms with Crippen molar-refractivity contribution in [2.45, 2.75) is 13.3 Å². The topological polar surface area (TPSA) is 80.9 Å². The first-order valence-electron chi connectivity index (χ1n) is 8.32. The number of aromatic nitrogens is 3. The number of carbonyl (C=O) groups is 1. The molecule has 1 amide bonds. The highest BCUT2D eigenvalue weighted by Gasteiger charge is 2.11. The Bertz CT molecular complexity index is 1090. The van der Waals surface area contributed by atoms with Crippen LogP contribution in [0.5, 0.6) is 0 Å². The van der Waals surface area contributed by atoms with Gasteiger partial charge in [0, 0.05) is 34.8 Å². The van der Waals surface area contributed by atoms with Gasteiger partial charge in [0.25, 0.3) is 5.91 Å². The molecule has 2 heterocycles. The largest absolute Gasteiger partial charge is 0.421 e. The minimum absolute atomic E-state index is 0.187. The molecule has 0 radical (unpaired) electrons. The second-order valence-corrected chi connectivity index (χ2v) is 5.80. The van der Waals surface area contributed by atoms with E-state index in [0.29, 0.717) is 29.5 Å². The smallest absolute Gasteiger partial charge is 0.255 e. The maximum atomic E-state index is 12.6. The Kier molecular flexibility index (Phi) is 4.15. The van der Waals surface area contributed by atoms with Gasteiger partial charge in [0.2, 0.25) is 11.8 Å². The van der Waals surface area contributed by atoms with Crippen LogP contribution >= 0.6 is 0 Å². The molecular weight excluding hydrogens is 328 g/mol. The summed E-state index contributed by atoms with van der Waals surface area (Å²) < 4.78 is 5.57. The molecule has 0 aliphatic rings. The second-order valence-electron chi connectivity index (χ2n) is 5.80. The number of hydrogen-bond donors (Lipinski definition) is 1. The average molecular weight is 344 g/mol. The highest BCUT2D eigenvalue weighted by Crippen LogP contribution is 2.22. The number of anilines is 1. The number of aryl methyl sites for hydroxylation is 1. The first-order chi connectivity index (χ1) is 12.7. The lowest BCUT2D eigenvalue weighted by molar-refractivity contribution is 0.102. The number of nitrogens with zero attached hydrogens (tertiary/aromatic N) is 3. The Morgan fingerprint density at radius 2 is 2.00 bits per heavy atom. The van der Waals surface area contributed by atoms with Gasteiger partial charge in [0.05, 0.1) is 5.52 Å². The number of pyridine rings is 1. The summed E-state index contributed by atoms with van der Waals surface area (Å²) in [7, 11) is 0. The predicted molar refractivity (Wildman–Crippen MR) is 98.8 cm³/mol. The summed E-state index contributed by atoms with van der Waals surface area (Å²) in [5.41, 5.74) is 2.85. The van der Waals surface area contributed by atoms with Gasteiger partial charge in [-0.05, 0) is 42.5 Å². The molecule has 128 valence electrons. The van der Waals surface area contributed by atoms with Gasteiger partial charge in [-0.1, -0.05) is 19.1 Å². The Balaban J connectivity index is 1.57. The van der Waals surface area contributed by atoms with Crippen molar-refractivity contribution in [1.29, 1.82) is 0 Å². The van der Waals surface area contributed by atoms with Crippen LogP contribution in [-0.2, 0) is 6.42 Å². The molecule has 0 spiro atoms. The summed E-state index contributed by atoms with van der Waals surface area (Å²) in [6.45, 7) is 1.95. The van der Waals surface area contributed by atoms with E-state index in [2.05, 4.69) is 20.5 Å². The summed E-state index contributed by atoms with van der Waals surface area (Å²) in [4.78, 5) is 16.8. The molecule has 0 fully saturated rings. The van der Waals surface area contributed by atoms with Crippen LogP contribution in [0.25, 0.3) is 22.4 Å². The zero-order chi connectivity index (χ0) is 17.9. The van der Waals surface area contributed by atoms with Crippen LogP contribution in [0.15, 0.2) is 65.2 Å². The molecule has 0 unspecified atom stereocenters. The molecule has 0 aliphatic heterocycles. The molecule has 0 saturated carbocycles. The van der Waals surface area contributed by atoms with E-state index in [4.69, 9.17) is 4.42 Å². The Morgan fingerprint density at radius 3 is 2.85 bits per heavy atom. The summed E-state index contributed by atoms with van der Waals surface area (Å²) in [5.74, 6) is 0.835. The highest BCUT2D eigenvalue weighted by atomic mass is 16.4. The summed E-state index contributed by atoms with van der Waals surface area (Å²) >= 11 is 0. The molecular formula is C20H16N4O2.